The summed E-state index contributed by atoms with van der Waals surface area (Å²) in [5, 5.41) is 6.76. The average Bonchev–Trinajstić information content (AvgIpc) is 3.17. The monoisotopic (exact) mass is 484 g/mol. The number of benzene rings is 2. The smallest absolute Gasteiger partial charge is 0.311 e. The maximum Gasteiger partial charge on any atom is 0.435 e. The van der Waals surface area contributed by atoms with Gasteiger partial charge in [-0.05, 0) is 41.3 Å². The van der Waals surface area contributed by atoms with E-state index in [1.807, 2.05) is 31.2 Å². The number of sulfonamides is 1. The van der Waals surface area contributed by atoms with Gasteiger partial charge in [-0.2, -0.15) is 18.3 Å². The zero-order chi connectivity index (χ0) is 24.2. The Morgan fingerprint density at radius 2 is 1.76 bits per heavy atom. The van der Waals surface area contributed by atoms with Gasteiger partial charge in [0.2, 0.25) is 10.0 Å². The summed E-state index contributed by atoms with van der Waals surface area (Å²) in [4.78, 5) is 0. The lowest BCUT2D eigenvalue weighted by Gasteiger charge is -2.14. The van der Waals surface area contributed by atoms with Crippen molar-refractivity contribution in [1.29, 1.82) is 0 Å². The Morgan fingerprint density at radius 3 is 2.36 bits per heavy atom. The van der Waals surface area contributed by atoms with E-state index in [-0.39, 0.29) is 30.4 Å². The minimum atomic E-state index is -4.62. The summed E-state index contributed by atoms with van der Waals surface area (Å²) in [5.41, 5.74) is 1.20. The topological polar surface area (TPSA) is 76.0 Å². The SMILES string of the molecule is CC(CNCc1cc(C(F)(F)F)nn1-c1cccc(F)c1)c1ccc(CNS(C)(=O)=O)cc1. The molecule has 6 nitrogen and oxygen atoms in total. The van der Waals surface area contributed by atoms with Crippen molar-refractivity contribution in [3.05, 3.63) is 82.9 Å². The summed E-state index contributed by atoms with van der Waals surface area (Å²) in [7, 11) is -3.28. The van der Waals surface area contributed by atoms with Crippen molar-refractivity contribution in [2.75, 3.05) is 12.8 Å². The highest BCUT2D eigenvalue weighted by Crippen LogP contribution is 2.29. The van der Waals surface area contributed by atoms with E-state index < -0.39 is 27.7 Å². The largest absolute Gasteiger partial charge is 0.435 e. The van der Waals surface area contributed by atoms with Crippen molar-refractivity contribution in [2.24, 2.45) is 0 Å². The van der Waals surface area contributed by atoms with Crippen LogP contribution in [-0.2, 0) is 29.3 Å². The molecule has 0 saturated carbocycles. The zero-order valence-corrected chi connectivity index (χ0v) is 18.8. The second-order valence-electron chi connectivity index (χ2n) is 7.78. The van der Waals surface area contributed by atoms with Crippen LogP contribution in [0.4, 0.5) is 17.6 Å². The Morgan fingerprint density at radius 1 is 1.06 bits per heavy atom. The van der Waals surface area contributed by atoms with E-state index in [9.17, 15) is 26.0 Å². The molecule has 0 aliphatic rings. The summed E-state index contributed by atoms with van der Waals surface area (Å²) in [6, 6.07) is 13.6. The quantitative estimate of drug-likeness (QED) is 0.451. The second-order valence-corrected chi connectivity index (χ2v) is 9.61. The molecule has 11 heteroatoms. The first kappa shape index (κ1) is 24.9. The van der Waals surface area contributed by atoms with Crippen LogP contribution in [0.25, 0.3) is 5.69 Å². The lowest BCUT2D eigenvalue weighted by Crippen LogP contribution is -2.22. The molecular formula is C22H24F4N4O2S. The van der Waals surface area contributed by atoms with Gasteiger partial charge < -0.3 is 5.32 Å². The first-order valence-corrected chi connectivity index (χ1v) is 12.0. The third-order valence-electron chi connectivity index (χ3n) is 4.97. The number of alkyl halides is 3. The van der Waals surface area contributed by atoms with Gasteiger partial charge in [0.05, 0.1) is 17.6 Å². The molecule has 1 heterocycles. The summed E-state index contributed by atoms with van der Waals surface area (Å²) in [6.45, 7) is 2.72. The first-order chi connectivity index (χ1) is 15.4. The van der Waals surface area contributed by atoms with Crippen LogP contribution in [-0.4, -0.2) is 31.0 Å². The Balaban J connectivity index is 1.66. The molecule has 2 aromatic carbocycles. The molecular weight excluding hydrogens is 460 g/mol. The van der Waals surface area contributed by atoms with Crippen LogP contribution in [0.1, 0.15) is 35.4 Å². The normalized spacial score (nSPS) is 13.3. The van der Waals surface area contributed by atoms with Gasteiger partial charge in [-0.1, -0.05) is 37.3 Å². The van der Waals surface area contributed by atoms with Gasteiger partial charge >= 0.3 is 6.18 Å². The minimum Gasteiger partial charge on any atom is -0.311 e. The highest BCUT2D eigenvalue weighted by Gasteiger charge is 2.35. The summed E-state index contributed by atoms with van der Waals surface area (Å²) in [5.74, 6) is -0.534. The van der Waals surface area contributed by atoms with Gasteiger partial charge in [-0.25, -0.2) is 22.2 Å². The number of nitrogens with one attached hydrogen (secondary N) is 2. The average molecular weight is 485 g/mol. The van der Waals surface area contributed by atoms with Crippen molar-refractivity contribution < 1.29 is 26.0 Å². The molecule has 0 bridgehead atoms. The molecule has 0 saturated heterocycles. The van der Waals surface area contributed by atoms with Crippen LogP contribution in [0, 0.1) is 5.82 Å². The van der Waals surface area contributed by atoms with E-state index in [2.05, 4.69) is 15.1 Å². The maximum absolute atomic E-state index is 13.6. The molecule has 1 unspecified atom stereocenters. The van der Waals surface area contributed by atoms with Crippen LogP contribution in [0.15, 0.2) is 54.6 Å². The molecule has 0 radical (unpaired) electrons. The number of hydrogen-bond donors (Lipinski definition) is 2. The molecule has 3 rings (SSSR count). The van der Waals surface area contributed by atoms with Gasteiger partial charge in [0.15, 0.2) is 5.69 Å². The van der Waals surface area contributed by atoms with Crippen molar-refractivity contribution in [3.63, 3.8) is 0 Å². The molecule has 33 heavy (non-hydrogen) atoms. The van der Waals surface area contributed by atoms with E-state index in [0.29, 0.717) is 6.54 Å². The molecule has 0 aliphatic carbocycles. The molecule has 0 fully saturated rings. The predicted octanol–water partition coefficient (Wildman–Crippen LogP) is 3.97. The zero-order valence-electron chi connectivity index (χ0n) is 18.0. The van der Waals surface area contributed by atoms with Gasteiger partial charge in [0.25, 0.3) is 0 Å². The number of rotatable bonds is 9. The van der Waals surface area contributed by atoms with E-state index in [1.165, 1.54) is 18.2 Å². The van der Waals surface area contributed by atoms with Crippen LogP contribution in [0.5, 0.6) is 0 Å². The fraction of sp³-hybridized carbons (Fsp3) is 0.318. The molecule has 2 N–H and O–H groups in total. The van der Waals surface area contributed by atoms with E-state index in [4.69, 9.17) is 0 Å². The lowest BCUT2D eigenvalue weighted by atomic mass is 10.00. The number of nitrogens with zero attached hydrogens (tertiary/aromatic N) is 2. The molecule has 0 spiro atoms. The maximum atomic E-state index is 13.6. The van der Waals surface area contributed by atoms with Crippen LogP contribution in [0.2, 0.25) is 0 Å². The fourth-order valence-corrected chi connectivity index (χ4v) is 3.66. The summed E-state index contributed by atoms with van der Waals surface area (Å²) < 4.78 is 79.1. The lowest BCUT2D eigenvalue weighted by molar-refractivity contribution is -0.141. The van der Waals surface area contributed by atoms with E-state index >= 15 is 0 Å². The van der Waals surface area contributed by atoms with Crippen LogP contribution >= 0.6 is 0 Å². The standard InChI is InChI=1S/C22H24F4N4O2S/c1-15(17-8-6-16(7-9-17)13-28-33(2,31)32)12-27-14-20-11-21(22(24,25)26)29-30(20)19-5-3-4-18(23)10-19/h3-11,15,27-28H,12-14H2,1-2H3. The highest BCUT2D eigenvalue weighted by atomic mass is 32.2. The Bertz CT molecular complexity index is 1190. The van der Waals surface area contributed by atoms with Gasteiger partial charge in [0.1, 0.15) is 5.82 Å². The Hall–Kier alpha value is -2.76. The van der Waals surface area contributed by atoms with E-state index in [0.717, 1.165) is 34.2 Å². The Labute approximate surface area is 189 Å². The molecule has 3 aromatic rings. The molecule has 1 aromatic heterocycles. The Kier molecular flexibility index (Phi) is 7.55. The number of halogens is 4. The number of hydrogen-bond acceptors (Lipinski definition) is 4. The highest BCUT2D eigenvalue weighted by molar-refractivity contribution is 7.88. The van der Waals surface area contributed by atoms with Crippen LogP contribution < -0.4 is 10.0 Å². The van der Waals surface area contributed by atoms with Gasteiger partial charge in [-0.3, -0.25) is 0 Å². The summed E-state index contributed by atoms with van der Waals surface area (Å²) in [6.07, 6.45) is -3.53. The predicted molar refractivity (Wildman–Crippen MR) is 117 cm³/mol. The van der Waals surface area contributed by atoms with Crippen molar-refractivity contribution >= 4 is 10.0 Å². The van der Waals surface area contributed by atoms with Gasteiger partial charge in [-0.15, -0.1) is 0 Å². The molecule has 178 valence electrons. The van der Waals surface area contributed by atoms with Crippen molar-refractivity contribution in [2.45, 2.75) is 32.1 Å². The summed E-state index contributed by atoms with van der Waals surface area (Å²) >= 11 is 0. The van der Waals surface area contributed by atoms with E-state index in [1.54, 1.807) is 0 Å². The molecule has 0 amide bonds. The second kappa shape index (κ2) is 10.0. The van der Waals surface area contributed by atoms with Crippen molar-refractivity contribution in [1.82, 2.24) is 19.8 Å². The van der Waals surface area contributed by atoms with Crippen LogP contribution in [0.3, 0.4) is 0 Å². The fourth-order valence-electron chi connectivity index (χ4n) is 3.23. The first-order valence-electron chi connectivity index (χ1n) is 10.1. The number of aromatic nitrogens is 2. The third kappa shape index (κ3) is 7.11. The molecule has 0 aliphatic heterocycles. The van der Waals surface area contributed by atoms with Gasteiger partial charge in [0, 0.05) is 19.6 Å². The minimum absolute atomic E-state index is 0.0366. The third-order valence-corrected chi connectivity index (χ3v) is 5.64. The molecule has 1 atom stereocenters. The van der Waals surface area contributed by atoms with Crippen molar-refractivity contribution in [3.8, 4) is 5.69 Å².